The Morgan fingerprint density at radius 1 is 1.03 bits per heavy atom. The molecule has 3 N–H and O–H groups in total. The van der Waals surface area contributed by atoms with E-state index in [1.165, 1.54) is 32.2 Å². The van der Waals surface area contributed by atoms with E-state index >= 15 is 0 Å². The number of nitrogens with zero attached hydrogens (tertiary/aromatic N) is 3. The number of nitro benzene ring substituents is 1. The maximum Gasteiger partial charge on any atom is 0.327 e. The third-order valence-corrected chi connectivity index (χ3v) is 4.45. The Bertz CT molecular complexity index is 1210. The molecule has 13 heteroatoms. The van der Waals surface area contributed by atoms with Gasteiger partial charge in [-0.2, -0.15) is 5.10 Å². The van der Waals surface area contributed by atoms with Gasteiger partial charge in [0.15, 0.2) is 17.2 Å². The summed E-state index contributed by atoms with van der Waals surface area (Å²) < 4.78 is 16.5. The van der Waals surface area contributed by atoms with Crippen molar-refractivity contribution in [3.63, 3.8) is 0 Å². The SMILES string of the molecule is COc1cc(C(=O)NNC(=O)c2nn(-c3ccccc3)cc2O)c([N+](=O)[O-])c(OC)c1OC. The monoisotopic (exact) mass is 457 g/mol. The minimum atomic E-state index is -1.05. The van der Waals surface area contributed by atoms with E-state index in [1.54, 1.807) is 30.3 Å². The molecule has 2 amide bonds. The number of benzene rings is 2. The second kappa shape index (κ2) is 9.55. The molecule has 0 radical (unpaired) electrons. The molecule has 3 aromatic rings. The van der Waals surface area contributed by atoms with Gasteiger partial charge in [-0.1, -0.05) is 18.2 Å². The molecule has 0 fully saturated rings. The van der Waals surface area contributed by atoms with Crippen molar-refractivity contribution < 1.29 is 33.8 Å². The quantitative estimate of drug-likeness (QED) is 0.352. The van der Waals surface area contributed by atoms with Crippen LogP contribution in [0.5, 0.6) is 23.0 Å². The van der Waals surface area contributed by atoms with Gasteiger partial charge in [0.25, 0.3) is 11.8 Å². The van der Waals surface area contributed by atoms with Gasteiger partial charge >= 0.3 is 5.69 Å². The fourth-order valence-corrected chi connectivity index (χ4v) is 2.97. The highest BCUT2D eigenvalue weighted by molar-refractivity contribution is 6.03. The van der Waals surface area contributed by atoms with Gasteiger partial charge in [0.1, 0.15) is 5.56 Å². The number of hydrazine groups is 1. The number of nitro groups is 1. The average Bonchev–Trinajstić information content (AvgIpc) is 3.22. The summed E-state index contributed by atoms with van der Waals surface area (Å²) in [6, 6.07) is 9.77. The number of methoxy groups -OCH3 is 3. The van der Waals surface area contributed by atoms with Crippen LogP contribution in [-0.2, 0) is 0 Å². The molecule has 1 heterocycles. The third kappa shape index (κ3) is 4.46. The van der Waals surface area contributed by atoms with Crippen LogP contribution in [0.4, 0.5) is 5.69 Å². The Morgan fingerprint density at radius 3 is 2.24 bits per heavy atom. The summed E-state index contributed by atoms with van der Waals surface area (Å²) in [5.41, 5.74) is 3.17. The number of ether oxygens (including phenoxy) is 3. The van der Waals surface area contributed by atoms with Crippen LogP contribution in [0.3, 0.4) is 0 Å². The first-order valence-corrected chi connectivity index (χ1v) is 9.24. The first kappa shape index (κ1) is 22.9. The number of aromatic nitrogens is 2. The number of hydrogen-bond donors (Lipinski definition) is 3. The van der Waals surface area contributed by atoms with Crippen molar-refractivity contribution in [3.8, 4) is 28.7 Å². The lowest BCUT2D eigenvalue weighted by Crippen LogP contribution is -2.42. The van der Waals surface area contributed by atoms with E-state index in [4.69, 9.17) is 14.2 Å². The van der Waals surface area contributed by atoms with Crippen LogP contribution in [0.1, 0.15) is 20.8 Å². The number of carbonyl (C=O) groups excluding carboxylic acids is 2. The minimum Gasteiger partial charge on any atom is -0.504 e. The zero-order valence-corrected chi connectivity index (χ0v) is 17.7. The summed E-state index contributed by atoms with van der Waals surface area (Å²) in [4.78, 5) is 35.9. The molecule has 0 unspecified atom stereocenters. The molecule has 1 aromatic heterocycles. The summed E-state index contributed by atoms with van der Waals surface area (Å²) >= 11 is 0. The van der Waals surface area contributed by atoms with Crippen molar-refractivity contribution in [2.75, 3.05) is 21.3 Å². The first-order valence-electron chi connectivity index (χ1n) is 9.24. The van der Waals surface area contributed by atoms with Gasteiger partial charge in [0, 0.05) is 6.07 Å². The maximum atomic E-state index is 12.7. The van der Waals surface area contributed by atoms with Crippen molar-refractivity contribution >= 4 is 17.5 Å². The van der Waals surface area contributed by atoms with Gasteiger partial charge in [-0.3, -0.25) is 30.6 Å². The fourth-order valence-electron chi connectivity index (χ4n) is 2.97. The van der Waals surface area contributed by atoms with E-state index in [0.29, 0.717) is 5.69 Å². The van der Waals surface area contributed by atoms with Crippen LogP contribution in [0.2, 0.25) is 0 Å². The number of nitrogens with one attached hydrogen (secondary N) is 2. The van der Waals surface area contributed by atoms with Crippen molar-refractivity contribution in [2.24, 2.45) is 0 Å². The van der Waals surface area contributed by atoms with Crippen LogP contribution in [0, 0.1) is 10.1 Å². The molecular weight excluding hydrogens is 438 g/mol. The predicted octanol–water partition coefficient (Wildman–Crippen LogP) is 1.59. The van der Waals surface area contributed by atoms with Crippen molar-refractivity contribution in [1.82, 2.24) is 20.6 Å². The lowest BCUT2D eigenvalue weighted by Gasteiger charge is -2.15. The standard InChI is InChI=1S/C20H19N5O8/c1-31-14-9-12(16(25(29)30)18(33-3)17(14)32-2)19(27)21-22-20(28)15-13(26)10-24(23-15)11-7-5-4-6-8-11/h4-10,26H,1-3H3,(H,21,27)(H,22,28). The van der Waals surface area contributed by atoms with E-state index in [-0.39, 0.29) is 22.9 Å². The highest BCUT2D eigenvalue weighted by atomic mass is 16.6. The Morgan fingerprint density at radius 2 is 1.67 bits per heavy atom. The number of hydrogen-bond acceptors (Lipinski definition) is 9. The average molecular weight is 457 g/mol. The third-order valence-electron chi connectivity index (χ3n) is 4.45. The molecule has 2 aromatic carbocycles. The van der Waals surface area contributed by atoms with Crippen molar-refractivity contribution in [3.05, 3.63) is 64.0 Å². The van der Waals surface area contributed by atoms with Gasteiger partial charge in [0.05, 0.1) is 38.1 Å². The van der Waals surface area contributed by atoms with Crippen molar-refractivity contribution in [1.29, 1.82) is 0 Å². The summed E-state index contributed by atoms with van der Waals surface area (Å²) in [6.07, 6.45) is 1.22. The molecule has 0 saturated carbocycles. The Hall–Kier alpha value is -4.81. The molecule has 0 bridgehead atoms. The molecule has 13 nitrogen and oxygen atoms in total. The van der Waals surface area contributed by atoms with Crippen LogP contribution in [0.25, 0.3) is 5.69 Å². The lowest BCUT2D eigenvalue weighted by molar-refractivity contribution is -0.386. The number of para-hydroxylation sites is 1. The number of amides is 2. The summed E-state index contributed by atoms with van der Waals surface area (Å²) in [7, 11) is 3.70. The number of rotatable bonds is 7. The van der Waals surface area contributed by atoms with Gasteiger partial charge in [0.2, 0.25) is 11.5 Å². The molecule has 0 spiro atoms. The zero-order chi connectivity index (χ0) is 24.1. The van der Waals surface area contributed by atoms with Gasteiger partial charge in [-0.15, -0.1) is 0 Å². The zero-order valence-electron chi connectivity index (χ0n) is 17.7. The molecule has 0 saturated heterocycles. The van der Waals surface area contributed by atoms with Gasteiger partial charge in [-0.25, -0.2) is 4.68 Å². The first-order chi connectivity index (χ1) is 15.8. The smallest absolute Gasteiger partial charge is 0.327 e. The van der Waals surface area contributed by atoms with Gasteiger partial charge < -0.3 is 19.3 Å². The second-order valence-electron chi connectivity index (χ2n) is 6.35. The molecule has 0 aliphatic rings. The van der Waals surface area contributed by atoms with Gasteiger partial charge in [-0.05, 0) is 12.1 Å². The Balaban J connectivity index is 1.86. The van der Waals surface area contributed by atoms with E-state index in [1.807, 2.05) is 0 Å². The molecule has 172 valence electrons. The number of carbonyl (C=O) groups is 2. The number of aromatic hydroxyl groups is 1. The lowest BCUT2D eigenvalue weighted by atomic mass is 10.1. The Kier molecular flexibility index (Phi) is 6.62. The van der Waals surface area contributed by atoms with E-state index < -0.39 is 33.7 Å². The predicted molar refractivity (Wildman–Crippen MR) is 113 cm³/mol. The van der Waals surface area contributed by atoms with Crippen LogP contribution in [-0.4, -0.2) is 53.0 Å². The second-order valence-corrected chi connectivity index (χ2v) is 6.35. The summed E-state index contributed by atoms with van der Waals surface area (Å²) in [5.74, 6) is -2.86. The van der Waals surface area contributed by atoms with E-state index in [9.17, 15) is 24.8 Å². The van der Waals surface area contributed by atoms with E-state index in [2.05, 4.69) is 16.0 Å². The molecule has 0 aliphatic heterocycles. The van der Waals surface area contributed by atoms with E-state index in [0.717, 1.165) is 6.07 Å². The van der Waals surface area contributed by atoms with Crippen LogP contribution in [0.15, 0.2) is 42.6 Å². The molecular formula is C20H19N5O8. The molecule has 0 aliphatic carbocycles. The normalized spacial score (nSPS) is 10.3. The van der Waals surface area contributed by atoms with Crippen molar-refractivity contribution in [2.45, 2.75) is 0 Å². The molecule has 33 heavy (non-hydrogen) atoms. The summed E-state index contributed by atoms with van der Waals surface area (Å²) in [6.45, 7) is 0. The van der Waals surface area contributed by atoms with Crippen LogP contribution < -0.4 is 25.1 Å². The fraction of sp³-hybridized carbons (Fsp3) is 0.150. The minimum absolute atomic E-state index is 0.00400. The highest BCUT2D eigenvalue weighted by Gasteiger charge is 2.32. The molecule has 0 atom stereocenters. The largest absolute Gasteiger partial charge is 0.504 e. The summed E-state index contributed by atoms with van der Waals surface area (Å²) in [5, 5.41) is 25.7. The molecule has 3 rings (SSSR count). The van der Waals surface area contributed by atoms with Crippen LogP contribution >= 0.6 is 0 Å². The Labute approximate surface area is 186 Å². The topological polar surface area (TPSA) is 167 Å². The highest BCUT2D eigenvalue weighted by Crippen LogP contribution is 2.46. The maximum absolute atomic E-state index is 12.7.